The van der Waals surface area contributed by atoms with Crippen LogP contribution in [-0.2, 0) is 9.47 Å². The second-order valence-corrected chi connectivity index (χ2v) is 5.37. The highest BCUT2D eigenvalue weighted by molar-refractivity contribution is 4.97. The molecule has 0 radical (unpaired) electrons. The first-order valence-corrected chi connectivity index (χ1v) is 7.06. The summed E-state index contributed by atoms with van der Waals surface area (Å²) in [5.74, 6) is -2.25. The molecule has 1 unspecified atom stereocenters. The average molecular weight is 308 g/mol. The Morgan fingerprint density at radius 3 is 2.52 bits per heavy atom. The number of nitrogens with zero attached hydrogens (tertiary/aromatic N) is 1. The van der Waals surface area contributed by atoms with Gasteiger partial charge in [-0.1, -0.05) is 0 Å². The van der Waals surface area contributed by atoms with Gasteiger partial charge in [0.05, 0.1) is 19.8 Å². The number of hydrogen-bond acceptors (Lipinski definition) is 9. The fourth-order valence-corrected chi connectivity index (χ4v) is 2.52. The molecule has 2 aliphatic rings. The van der Waals surface area contributed by atoms with Crippen LogP contribution in [-0.4, -0.2) is 107 Å². The number of nitrogens with one attached hydrogen (secondary N) is 1. The van der Waals surface area contributed by atoms with Crippen molar-refractivity contribution in [2.45, 2.75) is 30.3 Å². The van der Waals surface area contributed by atoms with Crippen LogP contribution in [0.1, 0.15) is 0 Å². The Labute approximate surface area is 122 Å². The Hall–Kier alpha value is -0.360. The van der Waals surface area contributed by atoms with Crippen molar-refractivity contribution in [3.63, 3.8) is 0 Å². The summed E-state index contributed by atoms with van der Waals surface area (Å²) < 4.78 is 10.2. The molecule has 2 aliphatic heterocycles. The minimum Gasteiger partial charge on any atom is -0.391 e. The van der Waals surface area contributed by atoms with Gasteiger partial charge in [-0.3, -0.25) is 10.2 Å². The first-order valence-electron chi connectivity index (χ1n) is 7.06. The van der Waals surface area contributed by atoms with Crippen molar-refractivity contribution in [3.05, 3.63) is 0 Å². The van der Waals surface area contributed by atoms with Gasteiger partial charge in [-0.25, -0.2) is 0 Å². The Balaban J connectivity index is 1.76. The molecule has 2 rings (SSSR count). The molecule has 2 fully saturated rings. The lowest BCUT2D eigenvalue weighted by Gasteiger charge is -2.28. The normalized spacial score (nSPS) is 39.6. The zero-order chi connectivity index (χ0) is 15.5. The standard InChI is InChI=1S/C12H24N2O7/c15-7-12(19)10(17)8(16)9(21-12)11(18)13-1-2-14-3-5-20-6-4-14/h8-11,13,15-19H,1-7H2/t8-,9-,10+,11?,12-/m1/s1. The van der Waals surface area contributed by atoms with E-state index in [1.807, 2.05) is 0 Å². The highest BCUT2D eigenvalue weighted by atomic mass is 16.7. The lowest BCUT2D eigenvalue weighted by molar-refractivity contribution is -0.254. The molecule has 6 N–H and O–H groups in total. The Kier molecular flexibility index (Phi) is 5.88. The fraction of sp³-hybridized carbons (Fsp3) is 1.00. The van der Waals surface area contributed by atoms with Crippen molar-refractivity contribution < 1.29 is 35.0 Å². The summed E-state index contributed by atoms with van der Waals surface area (Å²) in [4.78, 5) is 2.16. The largest absolute Gasteiger partial charge is 0.391 e. The van der Waals surface area contributed by atoms with E-state index in [-0.39, 0.29) is 0 Å². The maximum atomic E-state index is 9.95. The summed E-state index contributed by atoms with van der Waals surface area (Å²) >= 11 is 0. The smallest absolute Gasteiger partial charge is 0.219 e. The maximum absolute atomic E-state index is 9.95. The van der Waals surface area contributed by atoms with E-state index < -0.39 is 36.9 Å². The summed E-state index contributed by atoms with van der Waals surface area (Å²) in [6.07, 6.45) is -5.66. The van der Waals surface area contributed by atoms with Crippen molar-refractivity contribution in [1.29, 1.82) is 0 Å². The Morgan fingerprint density at radius 2 is 1.95 bits per heavy atom. The second kappa shape index (κ2) is 7.27. The summed E-state index contributed by atoms with van der Waals surface area (Å²) in [7, 11) is 0. The van der Waals surface area contributed by atoms with Crippen molar-refractivity contribution in [3.8, 4) is 0 Å². The van der Waals surface area contributed by atoms with Crippen molar-refractivity contribution in [2.24, 2.45) is 0 Å². The number of hydrogen-bond donors (Lipinski definition) is 6. The summed E-state index contributed by atoms with van der Waals surface area (Å²) in [6.45, 7) is 3.28. The second-order valence-electron chi connectivity index (χ2n) is 5.37. The quantitative estimate of drug-likeness (QED) is 0.272. The van der Waals surface area contributed by atoms with E-state index in [1.54, 1.807) is 0 Å². The summed E-state index contributed by atoms with van der Waals surface area (Å²) in [5, 5.41) is 50.8. The zero-order valence-electron chi connectivity index (χ0n) is 11.8. The molecule has 0 aromatic heterocycles. The van der Waals surface area contributed by atoms with Gasteiger partial charge in [-0.2, -0.15) is 0 Å². The maximum Gasteiger partial charge on any atom is 0.219 e. The fourth-order valence-electron chi connectivity index (χ4n) is 2.52. The first kappa shape index (κ1) is 17.0. The highest BCUT2D eigenvalue weighted by Crippen LogP contribution is 2.30. The molecule has 0 amide bonds. The third-order valence-electron chi connectivity index (χ3n) is 3.89. The molecule has 9 nitrogen and oxygen atoms in total. The third kappa shape index (κ3) is 3.89. The highest BCUT2D eigenvalue weighted by Gasteiger charge is 2.55. The monoisotopic (exact) mass is 308 g/mol. The average Bonchev–Trinajstić information content (AvgIpc) is 2.73. The van der Waals surface area contributed by atoms with Crippen molar-refractivity contribution >= 4 is 0 Å². The van der Waals surface area contributed by atoms with Crippen LogP contribution in [0.25, 0.3) is 0 Å². The summed E-state index contributed by atoms with van der Waals surface area (Å²) in [5.41, 5.74) is 0. The van der Waals surface area contributed by atoms with E-state index in [1.165, 1.54) is 0 Å². The molecule has 21 heavy (non-hydrogen) atoms. The van der Waals surface area contributed by atoms with E-state index in [2.05, 4.69) is 10.2 Å². The number of ether oxygens (including phenoxy) is 2. The summed E-state index contributed by atoms with van der Waals surface area (Å²) in [6, 6.07) is 0. The van der Waals surface area contributed by atoms with Gasteiger partial charge in [0, 0.05) is 26.2 Å². The number of morpholine rings is 1. The molecule has 0 spiro atoms. The Morgan fingerprint density at radius 1 is 1.29 bits per heavy atom. The Bertz CT molecular complexity index is 329. The van der Waals surface area contributed by atoms with Gasteiger partial charge in [0.25, 0.3) is 0 Å². The topological polar surface area (TPSA) is 135 Å². The van der Waals surface area contributed by atoms with Crippen LogP contribution in [0.2, 0.25) is 0 Å². The zero-order valence-corrected chi connectivity index (χ0v) is 11.8. The molecule has 9 heteroatoms. The lowest BCUT2D eigenvalue weighted by atomic mass is 10.1. The van der Waals surface area contributed by atoms with E-state index >= 15 is 0 Å². The molecule has 0 aromatic rings. The predicted molar refractivity (Wildman–Crippen MR) is 70.2 cm³/mol. The molecule has 0 bridgehead atoms. The molecular weight excluding hydrogens is 284 g/mol. The van der Waals surface area contributed by atoms with Crippen molar-refractivity contribution in [1.82, 2.24) is 10.2 Å². The molecular formula is C12H24N2O7. The van der Waals surface area contributed by atoms with Gasteiger partial charge in [0.1, 0.15) is 24.5 Å². The number of aliphatic hydroxyl groups excluding tert-OH is 4. The minimum absolute atomic E-state index is 0.446. The van der Waals surface area contributed by atoms with Gasteiger partial charge in [0.2, 0.25) is 5.79 Å². The molecule has 2 heterocycles. The van der Waals surface area contributed by atoms with Crippen LogP contribution in [0.15, 0.2) is 0 Å². The van der Waals surface area contributed by atoms with E-state index in [4.69, 9.17) is 14.6 Å². The minimum atomic E-state index is -2.25. The molecule has 2 saturated heterocycles. The molecule has 0 aromatic carbocycles. The first-order chi connectivity index (χ1) is 9.98. The van der Waals surface area contributed by atoms with Crippen LogP contribution in [0.5, 0.6) is 0 Å². The lowest BCUT2D eigenvalue weighted by Crippen LogP contribution is -2.49. The predicted octanol–water partition coefficient (Wildman–Crippen LogP) is -3.97. The number of rotatable bonds is 6. The van der Waals surface area contributed by atoms with Crippen LogP contribution in [0.4, 0.5) is 0 Å². The SMILES string of the molecule is OC[C@@]1(O)O[C@@H](C(O)NCCN2CCOCC2)[C@@H](O)[C@@H]1O. The van der Waals surface area contributed by atoms with E-state index in [9.17, 15) is 20.4 Å². The van der Waals surface area contributed by atoms with Crippen molar-refractivity contribution in [2.75, 3.05) is 46.0 Å². The molecule has 5 atom stereocenters. The van der Waals surface area contributed by atoms with Gasteiger partial charge in [-0.05, 0) is 0 Å². The van der Waals surface area contributed by atoms with Crippen LogP contribution in [0, 0.1) is 0 Å². The van der Waals surface area contributed by atoms with Crippen LogP contribution in [0.3, 0.4) is 0 Å². The van der Waals surface area contributed by atoms with Gasteiger partial charge < -0.3 is 35.0 Å². The molecule has 124 valence electrons. The van der Waals surface area contributed by atoms with E-state index in [0.29, 0.717) is 26.3 Å². The van der Waals surface area contributed by atoms with Crippen LogP contribution >= 0.6 is 0 Å². The molecule has 0 saturated carbocycles. The molecule has 0 aliphatic carbocycles. The van der Waals surface area contributed by atoms with E-state index in [0.717, 1.165) is 13.1 Å². The van der Waals surface area contributed by atoms with Crippen LogP contribution < -0.4 is 5.32 Å². The third-order valence-corrected chi connectivity index (χ3v) is 3.89. The van der Waals surface area contributed by atoms with Gasteiger partial charge in [-0.15, -0.1) is 0 Å². The van der Waals surface area contributed by atoms with Gasteiger partial charge >= 0.3 is 0 Å². The van der Waals surface area contributed by atoms with Gasteiger partial charge in [0.15, 0.2) is 0 Å². The number of aliphatic hydroxyl groups is 5.